The standard InChI is InChI=1S/C17H19N3O3/c1-12(13-4-8-16(9-5-13)20(22)23)17(21)18-14-6-10-15(11-7-14)19(2)3/h4-12H,1-3H3,(H,18,21). The number of benzene rings is 2. The molecule has 2 aromatic rings. The quantitative estimate of drug-likeness (QED) is 0.678. The maximum atomic E-state index is 12.3. The molecule has 120 valence electrons. The first-order chi connectivity index (χ1) is 10.9. The van der Waals surface area contributed by atoms with E-state index in [4.69, 9.17) is 0 Å². The Morgan fingerprint density at radius 1 is 1.09 bits per heavy atom. The summed E-state index contributed by atoms with van der Waals surface area (Å²) in [6, 6.07) is 13.6. The Kier molecular flexibility index (Phi) is 4.95. The fraction of sp³-hybridized carbons (Fsp3) is 0.235. The van der Waals surface area contributed by atoms with E-state index >= 15 is 0 Å². The maximum absolute atomic E-state index is 12.3. The fourth-order valence-electron chi connectivity index (χ4n) is 2.13. The highest BCUT2D eigenvalue weighted by atomic mass is 16.6. The number of non-ortho nitro benzene ring substituents is 1. The van der Waals surface area contributed by atoms with Crippen molar-refractivity contribution >= 4 is 23.0 Å². The van der Waals surface area contributed by atoms with Crippen LogP contribution in [0.2, 0.25) is 0 Å². The number of hydrogen-bond acceptors (Lipinski definition) is 4. The Morgan fingerprint density at radius 3 is 2.13 bits per heavy atom. The van der Waals surface area contributed by atoms with Gasteiger partial charge < -0.3 is 10.2 Å². The molecule has 1 amide bonds. The van der Waals surface area contributed by atoms with E-state index in [0.717, 1.165) is 16.9 Å². The molecule has 0 saturated heterocycles. The van der Waals surface area contributed by atoms with Crippen molar-refractivity contribution < 1.29 is 9.72 Å². The summed E-state index contributed by atoms with van der Waals surface area (Å²) in [5, 5.41) is 13.5. The average molecular weight is 313 g/mol. The van der Waals surface area contributed by atoms with Gasteiger partial charge in [-0.3, -0.25) is 14.9 Å². The van der Waals surface area contributed by atoms with Gasteiger partial charge in [0.25, 0.3) is 5.69 Å². The third kappa shape index (κ3) is 4.06. The van der Waals surface area contributed by atoms with E-state index in [1.807, 2.05) is 43.3 Å². The summed E-state index contributed by atoms with van der Waals surface area (Å²) in [6.45, 7) is 1.77. The summed E-state index contributed by atoms with van der Waals surface area (Å²) in [6.07, 6.45) is 0. The number of nitro benzene ring substituents is 1. The fourth-order valence-corrected chi connectivity index (χ4v) is 2.13. The third-order valence-electron chi connectivity index (χ3n) is 3.65. The van der Waals surface area contributed by atoms with Crippen molar-refractivity contribution in [2.24, 2.45) is 0 Å². The van der Waals surface area contributed by atoms with E-state index in [0.29, 0.717) is 0 Å². The van der Waals surface area contributed by atoms with Crippen LogP contribution in [0.15, 0.2) is 48.5 Å². The van der Waals surface area contributed by atoms with E-state index in [-0.39, 0.29) is 11.6 Å². The molecule has 1 N–H and O–H groups in total. The van der Waals surface area contributed by atoms with Crippen molar-refractivity contribution in [3.63, 3.8) is 0 Å². The first-order valence-corrected chi connectivity index (χ1v) is 7.21. The van der Waals surface area contributed by atoms with Crippen molar-refractivity contribution in [3.05, 3.63) is 64.2 Å². The van der Waals surface area contributed by atoms with Gasteiger partial charge in [-0.1, -0.05) is 12.1 Å². The highest BCUT2D eigenvalue weighted by Gasteiger charge is 2.16. The number of carbonyl (C=O) groups excluding carboxylic acids is 1. The Labute approximate surface area is 134 Å². The predicted molar refractivity (Wildman–Crippen MR) is 90.9 cm³/mol. The molecule has 2 aromatic carbocycles. The van der Waals surface area contributed by atoms with Crippen molar-refractivity contribution in [1.82, 2.24) is 0 Å². The molecule has 0 aliphatic rings. The molecule has 6 heteroatoms. The topological polar surface area (TPSA) is 75.5 Å². The Hall–Kier alpha value is -2.89. The van der Waals surface area contributed by atoms with Crippen LogP contribution in [0.4, 0.5) is 17.1 Å². The molecule has 23 heavy (non-hydrogen) atoms. The number of hydrogen-bond donors (Lipinski definition) is 1. The molecule has 6 nitrogen and oxygen atoms in total. The Bertz CT molecular complexity index is 694. The van der Waals surface area contributed by atoms with Gasteiger partial charge in [-0.2, -0.15) is 0 Å². The summed E-state index contributed by atoms with van der Waals surface area (Å²) in [5.41, 5.74) is 2.51. The van der Waals surface area contributed by atoms with Crippen LogP contribution in [0.1, 0.15) is 18.4 Å². The number of nitro groups is 1. The zero-order valence-corrected chi connectivity index (χ0v) is 13.3. The van der Waals surface area contributed by atoms with Gasteiger partial charge in [0, 0.05) is 37.6 Å². The molecule has 0 spiro atoms. The molecule has 1 unspecified atom stereocenters. The van der Waals surface area contributed by atoms with Crippen LogP contribution in [0, 0.1) is 10.1 Å². The minimum Gasteiger partial charge on any atom is -0.378 e. The number of rotatable bonds is 5. The summed E-state index contributed by atoms with van der Waals surface area (Å²) < 4.78 is 0. The minimum absolute atomic E-state index is 0.0145. The zero-order chi connectivity index (χ0) is 17.0. The average Bonchev–Trinajstić information content (AvgIpc) is 2.54. The number of amides is 1. The largest absolute Gasteiger partial charge is 0.378 e. The number of anilines is 2. The molecule has 0 aliphatic heterocycles. The molecule has 0 aliphatic carbocycles. The molecule has 2 rings (SSSR count). The van der Waals surface area contributed by atoms with Gasteiger partial charge in [-0.15, -0.1) is 0 Å². The molecule has 1 atom stereocenters. The SMILES string of the molecule is CC(C(=O)Nc1ccc(N(C)C)cc1)c1ccc([N+](=O)[O-])cc1. The molecule has 0 fully saturated rings. The van der Waals surface area contributed by atoms with Crippen molar-refractivity contribution in [1.29, 1.82) is 0 Å². The molecule has 0 aromatic heterocycles. The summed E-state index contributed by atoms with van der Waals surface area (Å²) >= 11 is 0. The van der Waals surface area contributed by atoms with Gasteiger partial charge in [0.05, 0.1) is 10.8 Å². The van der Waals surface area contributed by atoms with Crippen LogP contribution >= 0.6 is 0 Å². The smallest absolute Gasteiger partial charge is 0.269 e. The van der Waals surface area contributed by atoms with Gasteiger partial charge >= 0.3 is 0 Å². The lowest BCUT2D eigenvalue weighted by molar-refractivity contribution is -0.384. The van der Waals surface area contributed by atoms with Gasteiger partial charge in [0.2, 0.25) is 5.91 Å². The monoisotopic (exact) mass is 313 g/mol. The first-order valence-electron chi connectivity index (χ1n) is 7.21. The van der Waals surface area contributed by atoms with E-state index in [9.17, 15) is 14.9 Å². The van der Waals surface area contributed by atoms with E-state index < -0.39 is 10.8 Å². The lowest BCUT2D eigenvalue weighted by atomic mass is 10.00. The maximum Gasteiger partial charge on any atom is 0.269 e. The van der Waals surface area contributed by atoms with Crippen LogP contribution in [-0.4, -0.2) is 24.9 Å². The minimum atomic E-state index is -0.458. The van der Waals surface area contributed by atoms with E-state index in [1.165, 1.54) is 12.1 Å². The second-order valence-electron chi connectivity index (χ2n) is 5.50. The van der Waals surface area contributed by atoms with Crippen LogP contribution in [0.3, 0.4) is 0 Å². The van der Waals surface area contributed by atoms with Crippen LogP contribution < -0.4 is 10.2 Å². The van der Waals surface area contributed by atoms with E-state index in [2.05, 4.69) is 5.32 Å². The molecule has 0 radical (unpaired) electrons. The Balaban J connectivity index is 2.05. The molecule has 0 heterocycles. The number of nitrogens with zero attached hydrogens (tertiary/aromatic N) is 2. The number of nitrogens with one attached hydrogen (secondary N) is 1. The second kappa shape index (κ2) is 6.91. The lowest BCUT2D eigenvalue weighted by Gasteiger charge is -2.15. The second-order valence-corrected chi connectivity index (χ2v) is 5.50. The summed E-state index contributed by atoms with van der Waals surface area (Å²) in [4.78, 5) is 24.5. The normalized spacial score (nSPS) is 11.6. The van der Waals surface area contributed by atoms with Gasteiger partial charge in [-0.05, 0) is 36.8 Å². The first kappa shape index (κ1) is 16.5. The van der Waals surface area contributed by atoms with Crippen LogP contribution in [0.25, 0.3) is 0 Å². The molecule has 0 saturated carbocycles. The van der Waals surface area contributed by atoms with Crippen LogP contribution in [-0.2, 0) is 4.79 Å². The van der Waals surface area contributed by atoms with Crippen LogP contribution in [0.5, 0.6) is 0 Å². The Morgan fingerprint density at radius 2 is 1.65 bits per heavy atom. The molecule has 0 bridgehead atoms. The highest BCUT2D eigenvalue weighted by molar-refractivity contribution is 5.95. The summed E-state index contributed by atoms with van der Waals surface area (Å²) in [7, 11) is 3.90. The molecular weight excluding hydrogens is 294 g/mol. The highest BCUT2D eigenvalue weighted by Crippen LogP contribution is 2.22. The summed E-state index contributed by atoms with van der Waals surface area (Å²) in [5.74, 6) is -0.555. The molecular formula is C17H19N3O3. The van der Waals surface area contributed by atoms with Gasteiger partial charge in [0.15, 0.2) is 0 Å². The third-order valence-corrected chi connectivity index (χ3v) is 3.65. The lowest BCUT2D eigenvalue weighted by Crippen LogP contribution is -2.19. The van der Waals surface area contributed by atoms with E-state index in [1.54, 1.807) is 19.1 Å². The van der Waals surface area contributed by atoms with Crippen molar-refractivity contribution in [3.8, 4) is 0 Å². The predicted octanol–water partition coefficient (Wildman–Crippen LogP) is 3.40. The number of carbonyl (C=O) groups is 1. The van der Waals surface area contributed by atoms with Gasteiger partial charge in [-0.25, -0.2) is 0 Å². The van der Waals surface area contributed by atoms with Crippen molar-refractivity contribution in [2.75, 3.05) is 24.3 Å². The van der Waals surface area contributed by atoms with Gasteiger partial charge in [0.1, 0.15) is 0 Å². The zero-order valence-electron chi connectivity index (χ0n) is 13.3. The van der Waals surface area contributed by atoms with Crippen molar-refractivity contribution in [2.45, 2.75) is 12.8 Å².